The summed E-state index contributed by atoms with van der Waals surface area (Å²) in [5.74, 6) is 0.439. The van der Waals surface area contributed by atoms with E-state index in [2.05, 4.69) is 15.1 Å². The summed E-state index contributed by atoms with van der Waals surface area (Å²) in [4.78, 5) is 22.2. The van der Waals surface area contributed by atoms with Crippen LogP contribution in [0.25, 0.3) is 22.2 Å². The zero-order valence-electron chi connectivity index (χ0n) is 16.8. The lowest BCUT2D eigenvalue weighted by Crippen LogP contribution is -2.56. The molecule has 1 aliphatic heterocycles. The predicted octanol–water partition coefficient (Wildman–Crippen LogP) is 5.02. The summed E-state index contributed by atoms with van der Waals surface area (Å²) in [5.41, 5.74) is 4.49. The van der Waals surface area contributed by atoms with Gasteiger partial charge in [0.2, 0.25) is 5.91 Å². The SMILES string of the molecule is O=C1C(C2CC2)C(c2ccc(-c3cnn(C(F)(F)F)c3)cc2)N1c1ccc2[nH]cnc2c1. The number of fused-ring (bicyclic) bond motifs is 1. The van der Waals surface area contributed by atoms with Crippen LogP contribution in [-0.4, -0.2) is 25.7 Å². The minimum atomic E-state index is -4.54. The van der Waals surface area contributed by atoms with Crippen LogP contribution < -0.4 is 4.90 Å². The first-order valence-electron chi connectivity index (χ1n) is 10.4. The van der Waals surface area contributed by atoms with Gasteiger partial charge in [0.1, 0.15) is 0 Å². The first-order chi connectivity index (χ1) is 15.4. The van der Waals surface area contributed by atoms with Crippen LogP contribution in [0, 0.1) is 11.8 Å². The number of amides is 1. The number of nitrogens with one attached hydrogen (secondary N) is 1. The van der Waals surface area contributed by atoms with Crippen LogP contribution in [0.15, 0.2) is 61.2 Å². The van der Waals surface area contributed by atoms with E-state index < -0.39 is 6.30 Å². The van der Waals surface area contributed by atoms with E-state index in [0.717, 1.165) is 41.3 Å². The predicted molar refractivity (Wildman–Crippen MR) is 111 cm³/mol. The van der Waals surface area contributed by atoms with Crippen LogP contribution in [0.3, 0.4) is 0 Å². The van der Waals surface area contributed by atoms with Crippen molar-refractivity contribution in [3.63, 3.8) is 0 Å². The number of hydrogen-bond donors (Lipinski definition) is 1. The fraction of sp³-hybridized carbons (Fsp3) is 0.261. The molecule has 2 aromatic carbocycles. The number of halogens is 3. The largest absolute Gasteiger partial charge is 0.504 e. The molecule has 1 aliphatic carbocycles. The third kappa shape index (κ3) is 2.99. The molecule has 4 aromatic rings. The van der Waals surface area contributed by atoms with Crippen LogP contribution in [0.5, 0.6) is 0 Å². The zero-order valence-corrected chi connectivity index (χ0v) is 16.8. The average molecular weight is 437 g/mol. The Labute approximate surface area is 180 Å². The number of rotatable bonds is 4. The van der Waals surface area contributed by atoms with E-state index in [1.807, 2.05) is 35.2 Å². The molecular formula is C23H18F3N5O. The van der Waals surface area contributed by atoms with Crippen molar-refractivity contribution < 1.29 is 18.0 Å². The number of anilines is 1. The number of carbonyl (C=O) groups excluding carboxylic acids is 1. The van der Waals surface area contributed by atoms with Crippen LogP contribution in [0.2, 0.25) is 0 Å². The van der Waals surface area contributed by atoms with Crippen molar-refractivity contribution in [2.24, 2.45) is 11.8 Å². The molecular weight excluding hydrogens is 419 g/mol. The molecule has 9 heteroatoms. The number of H-pyrrole nitrogens is 1. The molecule has 2 atom stereocenters. The lowest BCUT2D eigenvalue weighted by atomic mass is 9.78. The Kier molecular flexibility index (Phi) is 3.99. The van der Waals surface area contributed by atoms with Gasteiger partial charge < -0.3 is 9.88 Å². The summed E-state index contributed by atoms with van der Waals surface area (Å²) < 4.78 is 38.5. The van der Waals surface area contributed by atoms with Crippen molar-refractivity contribution in [3.8, 4) is 11.1 Å². The van der Waals surface area contributed by atoms with Crippen molar-refractivity contribution in [3.05, 3.63) is 66.7 Å². The maximum absolute atomic E-state index is 13.1. The van der Waals surface area contributed by atoms with Gasteiger partial charge in [0.15, 0.2) is 0 Å². The topological polar surface area (TPSA) is 66.8 Å². The number of hydrogen-bond acceptors (Lipinski definition) is 3. The van der Waals surface area contributed by atoms with E-state index >= 15 is 0 Å². The lowest BCUT2D eigenvalue weighted by molar-refractivity contribution is -0.212. The monoisotopic (exact) mass is 437 g/mol. The normalized spacial score (nSPS) is 21.2. The summed E-state index contributed by atoms with van der Waals surface area (Å²) >= 11 is 0. The lowest BCUT2D eigenvalue weighted by Gasteiger charge is -2.48. The van der Waals surface area contributed by atoms with Crippen molar-refractivity contribution >= 4 is 22.6 Å². The van der Waals surface area contributed by atoms with Crippen LogP contribution in [0.4, 0.5) is 18.9 Å². The van der Waals surface area contributed by atoms with E-state index in [-0.39, 0.29) is 22.5 Å². The Balaban J connectivity index is 1.33. The van der Waals surface area contributed by atoms with E-state index in [1.54, 1.807) is 18.5 Å². The number of benzene rings is 2. The molecule has 0 spiro atoms. The fourth-order valence-corrected chi connectivity index (χ4v) is 4.62. The highest BCUT2D eigenvalue weighted by molar-refractivity contribution is 6.04. The second kappa shape index (κ2) is 6.69. The molecule has 2 fully saturated rings. The zero-order chi connectivity index (χ0) is 22.0. The standard InChI is InChI=1S/C23H18F3N5O/c24-23(25,26)30-11-16(10-29-30)13-1-5-15(6-2-13)21-20(14-3-4-14)22(32)31(21)17-7-8-18-19(9-17)28-12-27-18/h1-2,5-12,14,20-21H,3-4H2,(H,27,28). The smallest absolute Gasteiger partial charge is 0.345 e. The number of β-lactam (4-membered cyclic amide) rings is 1. The first-order valence-corrected chi connectivity index (χ1v) is 10.4. The fourth-order valence-electron chi connectivity index (χ4n) is 4.62. The molecule has 1 saturated carbocycles. The molecule has 6 nitrogen and oxygen atoms in total. The summed E-state index contributed by atoms with van der Waals surface area (Å²) in [7, 11) is 0. The van der Waals surface area contributed by atoms with Crippen LogP contribution in [-0.2, 0) is 11.1 Å². The average Bonchev–Trinajstić information content (AvgIpc) is 3.26. The molecule has 2 unspecified atom stereocenters. The maximum atomic E-state index is 13.1. The number of aromatic nitrogens is 4. The van der Waals surface area contributed by atoms with E-state index in [0.29, 0.717) is 17.0 Å². The number of carbonyl (C=O) groups is 1. The molecule has 1 saturated heterocycles. The Morgan fingerprint density at radius 2 is 1.81 bits per heavy atom. The third-order valence-electron chi connectivity index (χ3n) is 6.38. The van der Waals surface area contributed by atoms with Gasteiger partial charge in [-0.05, 0) is 48.1 Å². The Bertz CT molecular complexity index is 1320. The molecule has 0 radical (unpaired) electrons. The third-order valence-corrected chi connectivity index (χ3v) is 6.38. The number of nitrogens with zero attached hydrogens (tertiary/aromatic N) is 4. The first kappa shape index (κ1) is 19.1. The number of imidazole rings is 1. The van der Waals surface area contributed by atoms with Gasteiger partial charge in [-0.25, -0.2) is 4.98 Å². The quantitative estimate of drug-likeness (QED) is 0.456. The summed E-state index contributed by atoms with van der Waals surface area (Å²) in [5, 5.41) is 3.40. The van der Waals surface area contributed by atoms with E-state index in [9.17, 15) is 18.0 Å². The van der Waals surface area contributed by atoms with Gasteiger partial charge in [-0.3, -0.25) is 4.79 Å². The number of alkyl halides is 3. The van der Waals surface area contributed by atoms with Crippen molar-refractivity contribution in [1.82, 2.24) is 19.7 Å². The van der Waals surface area contributed by atoms with Crippen molar-refractivity contribution in [1.29, 1.82) is 0 Å². The van der Waals surface area contributed by atoms with E-state index in [1.165, 1.54) is 6.20 Å². The minimum Gasteiger partial charge on any atom is -0.345 e. The van der Waals surface area contributed by atoms with Gasteiger partial charge in [-0.15, -0.1) is 13.2 Å². The Morgan fingerprint density at radius 1 is 1.03 bits per heavy atom. The minimum absolute atomic E-state index is 0.00309. The molecule has 3 heterocycles. The number of aromatic amines is 1. The van der Waals surface area contributed by atoms with Gasteiger partial charge in [0.05, 0.1) is 35.5 Å². The molecule has 2 aromatic heterocycles. The van der Waals surface area contributed by atoms with Crippen LogP contribution >= 0.6 is 0 Å². The van der Waals surface area contributed by atoms with Gasteiger partial charge in [-0.1, -0.05) is 24.3 Å². The summed E-state index contributed by atoms with van der Waals surface area (Å²) in [6.07, 6.45) is 1.35. The maximum Gasteiger partial charge on any atom is 0.504 e. The van der Waals surface area contributed by atoms with Crippen LogP contribution in [0.1, 0.15) is 24.4 Å². The molecule has 162 valence electrons. The molecule has 1 N–H and O–H groups in total. The van der Waals surface area contributed by atoms with Gasteiger partial charge in [0.25, 0.3) is 0 Å². The van der Waals surface area contributed by atoms with Gasteiger partial charge >= 0.3 is 6.30 Å². The molecule has 32 heavy (non-hydrogen) atoms. The summed E-state index contributed by atoms with van der Waals surface area (Å²) in [6.45, 7) is 0. The van der Waals surface area contributed by atoms with Gasteiger partial charge in [0, 0.05) is 17.4 Å². The summed E-state index contributed by atoms with van der Waals surface area (Å²) in [6, 6.07) is 13.0. The highest BCUT2D eigenvalue weighted by Gasteiger charge is 2.55. The molecule has 2 aliphatic rings. The second-order valence-electron chi connectivity index (χ2n) is 8.38. The van der Waals surface area contributed by atoms with Crippen molar-refractivity contribution in [2.75, 3.05) is 4.90 Å². The highest BCUT2D eigenvalue weighted by atomic mass is 19.4. The van der Waals surface area contributed by atoms with Crippen molar-refractivity contribution in [2.45, 2.75) is 25.2 Å². The Morgan fingerprint density at radius 3 is 2.50 bits per heavy atom. The molecule has 1 amide bonds. The second-order valence-corrected chi connectivity index (χ2v) is 8.38. The highest BCUT2D eigenvalue weighted by Crippen LogP contribution is 2.54. The van der Waals surface area contributed by atoms with Gasteiger partial charge in [-0.2, -0.15) is 9.78 Å². The van der Waals surface area contributed by atoms with E-state index in [4.69, 9.17) is 0 Å². The Hall–Kier alpha value is -3.62. The molecule has 6 rings (SSSR count). The molecule has 0 bridgehead atoms.